The molecule has 0 aliphatic heterocycles. The van der Waals surface area contributed by atoms with Crippen LogP contribution in [0.4, 0.5) is 5.69 Å². The third-order valence-corrected chi connectivity index (χ3v) is 4.24. The monoisotopic (exact) mass is 377 g/mol. The normalized spacial score (nSPS) is 10.9. The predicted octanol–water partition coefficient (Wildman–Crippen LogP) is 4.68. The summed E-state index contributed by atoms with van der Waals surface area (Å²) in [7, 11) is 1.61. The highest BCUT2D eigenvalue weighted by Gasteiger charge is 2.12. The first-order chi connectivity index (χ1) is 13.1. The summed E-state index contributed by atoms with van der Waals surface area (Å²) in [5.74, 6) is 0.230. The Balaban J connectivity index is 1.88. The lowest BCUT2D eigenvalue weighted by Crippen LogP contribution is -2.14. The number of nitrogens with one attached hydrogen (secondary N) is 1. The first-order valence-electron chi connectivity index (χ1n) is 8.12. The molecular weight excluding hydrogens is 362 g/mol. The zero-order valence-electron chi connectivity index (χ0n) is 14.5. The fourth-order valence-electron chi connectivity index (χ4n) is 2.54. The molecule has 0 atom stereocenters. The lowest BCUT2D eigenvalue weighted by atomic mass is 10.2. The van der Waals surface area contributed by atoms with Crippen molar-refractivity contribution < 1.29 is 9.53 Å². The van der Waals surface area contributed by atoms with Crippen molar-refractivity contribution >= 4 is 29.3 Å². The summed E-state index contributed by atoms with van der Waals surface area (Å²) in [5.41, 5.74) is 2.01. The highest BCUT2D eigenvalue weighted by Crippen LogP contribution is 2.22. The number of para-hydroxylation sites is 1. The van der Waals surface area contributed by atoms with E-state index in [-0.39, 0.29) is 5.57 Å². The third-order valence-electron chi connectivity index (χ3n) is 3.91. The number of ether oxygens (including phenoxy) is 1. The Labute approximate surface area is 162 Å². The molecule has 134 valence electrons. The molecule has 3 aromatic rings. The first-order valence-corrected chi connectivity index (χ1v) is 8.49. The second kappa shape index (κ2) is 8.26. The van der Waals surface area contributed by atoms with E-state index in [1.165, 1.54) is 6.08 Å². The van der Waals surface area contributed by atoms with Gasteiger partial charge in [0.25, 0.3) is 5.91 Å². The summed E-state index contributed by atoms with van der Waals surface area (Å²) in [5, 5.41) is 12.5. The number of methoxy groups -OCH3 is 1. The quantitative estimate of drug-likeness (QED) is 0.518. The highest BCUT2D eigenvalue weighted by atomic mass is 35.5. The van der Waals surface area contributed by atoms with Gasteiger partial charge in [0.2, 0.25) is 0 Å². The van der Waals surface area contributed by atoms with Crippen LogP contribution < -0.4 is 10.1 Å². The van der Waals surface area contributed by atoms with Gasteiger partial charge < -0.3 is 14.6 Å². The number of amides is 1. The van der Waals surface area contributed by atoms with Crippen molar-refractivity contribution in [2.45, 2.75) is 0 Å². The van der Waals surface area contributed by atoms with E-state index in [9.17, 15) is 10.1 Å². The Morgan fingerprint density at radius 3 is 2.56 bits per heavy atom. The van der Waals surface area contributed by atoms with Gasteiger partial charge in [-0.2, -0.15) is 5.26 Å². The van der Waals surface area contributed by atoms with Crippen LogP contribution in [0.2, 0.25) is 5.02 Å². The number of hydrogen-bond donors (Lipinski definition) is 1. The van der Waals surface area contributed by atoms with Crippen LogP contribution in [0, 0.1) is 11.3 Å². The smallest absolute Gasteiger partial charge is 0.266 e. The Kier molecular flexibility index (Phi) is 5.60. The molecule has 1 N–H and O–H groups in total. The van der Waals surface area contributed by atoms with Crippen LogP contribution in [0.3, 0.4) is 0 Å². The molecule has 0 radical (unpaired) electrons. The molecule has 27 heavy (non-hydrogen) atoms. The number of rotatable bonds is 5. The van der Waals surface area contributed by atoms with Crippen molar-refractivity contribution in [2.24, 2.45) is 0 Å². The molecule has 1 aromatic heterocycles. The average Bonchev–Trinajstić information content (AvgIpc) is 3.16. The third kappa shape index (κ3) is 4.20. The van der Waals surface area contributed by atoms with Gasteiger partial charge in [-0.1, -0.05) is 23.7 Å². The zero-order chi connectivity index (χ0) is 19.2. The number of benzene rings is 2. The van der Waals surface area contributed by atoms with Gasteiger partial charge in [0.05, 0.1) is 17.8 Å². The standard InChI is InChI=1S/C21H16ClN3O2/c1-27-18-10-8-16(9-11-18)25-12-4-5-17(25)13-15(14-23)21(26)24-20-7-3-2-6-19(20)22/h2-13H,1H3,(H,24,26). The van der Waals surface area contributed by atoms with Gasteiger partial charge in [0.15, 0.2) is 0 Å². The molecule has 0 unspecified atom stereocenters. The summed E-state index contributed by atoms with van der Waals surface area (Å²) >= 11 is 6.06. The molecule has 1 amide bonds. The lowest BCUT2D eigenvalue weighted by Gasteiger charge is -2.09. The van der Waals surface area contributed by atoms with Crippen LogP contribution in [0.15, 0.2) is 72.4 Å². The van der Waals surface area contributed by atoms with Crippen LogP contribution in [-0.4, -0.2) is 17.6 Å². The maximum Gasteiger partial charge on any atom is 0.266 e. The summed E-state index contributed by atoms with van der Waals surface area (Å²) < 4.78 is 7.04. The number of halogens is 1. The van der Waals surface area contributed by atoms with E-state index in [1.807, 2.05) is 53.2 Å². The molecule has 6 heteroatoms. The van der Waals surface area contributed by atoms with Crippen molar-refractivity contribution in [1.82, 2.24) is 4.57 Å². The molecule has 0 bridgehead atoms. The lowest BCUT2D eigenvalue weighted by molar-refractivity contribution is -0.112. The molecular formula is C21H16ClN3O2. The van der Waals surface area contributed by atoms with E-state index < -0.39 is 5.91 Å². The van der Waals surface area contributed by atoms with Gasteiger partial charge in [-0.25, -0.2) is 0 Å². The maximum absolute atomic E-state index is 12.5. The van der Waals surface area contributed by atoms with Gasteiger partial charge in [-0.15, -0.1) is 0 Å². The van der Waals surface area contributed by atoms with Crippen molar-refractivity contribution in [3.05, 3.63) is 83.2 Å². The molecule has 0 fully saturated rings. The van der Waals surface area contributed by atoms with Crippen LogP contribution in [0.1, 0.15) is 5.69 Å². The molecule has 1 heterocycles. The number of nitrogens with zero attached hydrogens (tertiary/aromatic N) is 2. The predicted molar refractivity (Wildman–Crippen MR) is 106 cm³/mol. The number of aromatic nitrogens is 1. The van der Waals surface area contributed by atoms with Crippen LogP contribution in [0.25, 0.3) is 11.8 Å². The maximum atomic E-state index is 12.5. The van der Waals surface area contributed by atoms with Crippen LogP contribution >= 0.6 is 11.6 Å². The molecule has 3 rings (SSSR count). The topological polar surface area (TPSA) is 67.0 Å². The van der Waals surface area contributed by atoms with E-state index in [4.69, 9.17) is 16.3 Å². The molecule has 0 spiro atoms. The summed E-state index contributed by atoms with van der Waals surface area (Å²) in [6.45, 7) is 0. The Hall–Kier alpha value is -3.49. The summed E-state index contributed by atoms with van der Waals surface area (Å²) in [6.07, 6.45) is 3.39. The highest BCUT2D eigenvalue weighted by molar-refractivity contribution is 6.34. The minimum absolute atomic E-state index is 0.0246. The largest absolute Gasteiger partial charge is 0.497 e. The Morgan fingerprint density at radius 1 is 1.15 bits per heavy atom. The van der Waals surface area contributed by atoms with E-state index in [0.717, 1.165) is 11.4 Å². The molecule has 5 nitrogen and oxygen atoms in total. The Morgan fingerprint density at radius 2 is 1.89 bits per heavy atom. The van der Waals surface area contributed by atoms with Gasteiger partial charge in [-0.3, -0.25) is 4.79 Å². The molecule has 0 aliphatic rings. The summed E-state index contributed by atoms with van der Waals surface area (Å²) in [4.78, 5) is 12.5. The van der Waals surface area contributed by atoms with E-state index >= 15 is 0 Å². The van der Waals surface area contributed by atoms with E-state index in [0.29, 0.717) is 16.4 Å². The van der Waals surface area contributed by atoms with Gasteiger partial charge in [0.1, 0.15) is 17.4 Å². The number of anilines is 1. The van der Waals surface area contributed by atoms with Crippen molar-refractivity contribution in [3.63, 3.8) is 0 Å². The van der Waals surface area contributed by atoms with Crippen molar-refractivity contribution in [1.29, 1.82) is 5.26 Å². The molecule has 0 saturated heterocycles. The van der Waals surface area contributed by atoms with Crippen molar-refractivity contribution in [2.75, 3.05) is 12.4 Å². The second-order valence-electron chi connectivity index (χ2n) is 5.60. The van der Waals surface area contributed by atoms with Gasteiger partial charge >= 0.3 is 0 Å². The average molecular weight is 378 g/mol. The van der Waals surface area contributed by atoms with E-state index in [1.54, 1.807) is 31.4 Å². The van der Waals surface area contributed by atoms with E-state index in [2.05, 4.69) is 5.32 Å². The molecule has 0 saturated carbocycles. The number of nitriles is 1. The summed E-state index contributed by atoms with van der Waals surface area (Å²) in [6, 6.07) is 20.0. The Bertz CT molecular complexity index is 1030. The number of carbonyl (C=O) groups excluding carboxylic acids is 1. The van der Waals surface area contributed by atoms with Crippen LogP contribution in [0.5, 0.6) is 5.75 Å². The SMILES string of the molecule is COc1ccc(-n2cccc2C=C(C#N)C(=O)Nc2ccccc2Cl)cc1. The fraction of sp³-hybridized carbons (Fsp3) is 0.0476. The minimum Gasteiger partial charge on any atom is -0.497 e. The fourth-order valence-corrected chi connectivity index (χ4v) is 2.72. The zero-order valence-corrected chi connectivity index (χ0v) is 15.3. The minimum atomic E-state index is -0.520. The second-order valence-corrected chi connectivity index (χ2v) is 6.01. The number of hydrogen-bond acceptors (Lipinski definition) is 3. The first kappa shape index (κ1) is 18.3. The molecule has 0 aliphatic carbocycles. The van der Waals surface area contributed by atoms with Gasteiger partial charge in [0, 0.05) is 17.6 Å². The van der Waals surface area contributed by atoms with Crippen molar-refractivity contribution in [3.8, 4) is 17.5 Å². The molecule has 2 aromatic carbocycles. The van der Waals surface area contributed by atoms with Gasteiger partial charge in [-0.05, 0) is 54.6 Å². The number of carbonyl (C=O) groups is 1. The van der Waals surface area contributed by atoms with Crippen LogP contribution in [-0.2, 0) is 4.79 Å².